The number of hydrogen-bond acceptors (Lipinski definition) is 10. The van der Waals surface area contributed by atoms with Crippen LogP contribution in [-0.4, -0.2) is 102 Å². The van der Waals surface area contributed by atoms with Gasteiger partial charge in [-0.05, 0) is 94.0 Å². The van der Waals surface area contributed by atoms with Gasteiger partial charge in [0.15, 0.2) is 5.65 Å². The van der Waals surface area contributed by atoms with E-state index < -0.39 is 40.6 Å². The van der Waals surface area contributed by atoms with Crippen LogP contribution >= 0.6 is 0 Å². The number of aliphatic imine (C=N–C) groups is 1. The molecule has 1 saturated heterocycles. The summed E-state index contributed by atoms with van der Waals surface area (Å²) in [7, 11) is 0. The first kappa shape index (κ1) is 39.7. The Balaban J connectivity index is 0.990. The van der Waals surface area contributed by atoms with Crippen LogP contribution in [0.3, 0.4) is 0 Å². The second-order valence-corrected chi connectivity index (χ2v) is 16.5. The molecule has 2 fully saturated rings. The summed E-state index contributed by atoms with van der Waals surface area (Å²) in [5.41, 5.74) is 0.541. The van der Waals surface area contributed by atoms with Gasteiger partial charge < -0.3 is 25.0 Å². The fraction of sp³-hybridized carbons (Fsp3) is 0.395. The number of carbonyl (C=O) groups excluding carboxylic acids is 2. The third-order valence-electron chi connectivity index (χ3n) is 11.1. The van der Waals surface area contributed by atoms with Gasteiger partial charge >= 0.3 is 11.8 Å². The standard InChI is InChI=1S/C43H46F2N8O6/c1-43(2,3)59-42(58)50-17-15-49(16-18-50)23-26-7-13-33(36(54)19-26)27-5-4-6-32(20-27)52-38-34(21-29(45)22-46-38)40(56)53(41(52)57)31-11-9-30(10-12-31)47-39(55)35-25-51-24-28(44)8-14-37(51)48-35/h4-8,13-14,19-22,24,30-31,35,54H,9-12,15-18,23,25H2,1-3H3,(H,47,55). The van der Waals surface area contributed by atoms with Crippen LogP contribution in [0.2, 0.25) is 0 Å². The Bertz CT molecular complexity index is 2530. The third-order valence-corrected chi connectivity index (χ3v) is 11.1. The molecule has 2 aromatic heterocycles. The molecule has 1 unspecified atom stereocenters. The molecule has 4 aliphatic rings. The maximum absolute atomic E-state index is 14.6. The summed E-state index contributed by atoms with van der Waals surface area (Å²) in [6.07, 6.45) is 6.54. The predicted octanol–water partition coefficient (Wildman–Crippen LogP) is 5.18. The maximum atomic E-state index is 14.6. The molecular weight excluding hydrogens is 763 g/mol. The highest BCUT2D eigenvalue weighted by atomic mass is 19.1. The van der Waals surface area contributed by atoms with Crippen LogP contribution in [0.4, 0.5) is 13.6 Å². The molecule has 0 spiro atoms. The lowest BCUT2D eigenvalue weighted by atomic mass is 9.90. The summed E-state index contributed by atoms with van der Waals surface area (Å²) < 4.78 is 36.3. The van der Waals surface area contributed by atoms with Gasteiger partial charge in [0.2, 0.25) is 5.91 Å². The number of phenols is 1. The van der Waals surface area contributed by atoms with Crippen molar-refractivity contribution in [3.8, 4) is 22.6 Å². The lowest BCUT2D eigenvalue weighted by Gasteiger charge is -2.35. The van der Waals surface area contributed by atoms with Crippen LogP contribution < -0.4 is 16.6 Å². The number of amidine groups is 1. The van der Waals surface area contributed by atoms with E-state index in [0.717, 1.165) is 17.8 Å². The number of amides is 2. The van der Waals surface area contributed by atoms with Crippen LogP contribution in [-0.2, 0) is 16.1 Å². The lowest BCUT2D eigenvalue weighted by Crippen LogP contribution is -2.49. The van der Waals surface area contributed by atoms with E-state index in [4.69, 9.17) is 4.74 Å². The van der Waals surface area contributed by atoms with Gasteiger partial charge in [0, 0.05) is 56.6 Å². The summed E-state index contributed by atoms with van der Waals surface area (Å²) in [6.45, 7) is 8.70. The molecule has 1 atom stereocenters. The number of ether oxygens (including phenoxy) is 1. The van der Waals surface area contributed by atoms with Crippen molar-refractivity contribution >= 4 is 28.9 Å². The minimum Gasteiger partial charge on any atom is -0.507 e. The van der Waals surface area contributed by atoms with Crippen LogP contribution in [0.15, 0.2) is 93.5 Å². The van der Waals surface area contributed by atoms with E-state index in [9.17, 15) is 33.1 Å². The topological polar surface area (TPSA) is 155 Å². The first-order valence-electron chi connectivity index (χ1n) is 19.9. The van der Waals surface area contributed by atoms with E-state index in [1.807, 2.05) is 32.9 Å². The van der Waals surface area contributed by atoms with Crippen molar-refractivity contribution in [2.75, 3.05) is 32.7 Å². The number of nitrogens with one attached hydrogen (secondary N) is 1. The quantitative estimate of drug-likeness (QED) is 0.257. The number of fused-ring (bicyclic) bond motifs is 2. The SMILES string of the molecule is CC(C)(C)OC(=O)N1CCN(Cc2ccc(-c3cccc(-n4c(=O)n(C5CCC(NC(=O)C6CN7C=C(F)C=CC7=N6)CC5)c(=O)c5cc(F)cnc54)c3)c(O)c2)CC1. The first-order valence-corrected chi connectivity index (χ1v) is 19.9. The highest BCUT2D eigenvalue weighted by Crippen LogP contribution is 2.33. The maximum Gasteiger partial charge on any atom is 0.410 e. The number of pyridine rings is 1. The molecule has 0 bridgehead atoms. The fourth-order valence-corrected chi connectivity index (χ4v) is 8.22. The van der Waals surface area contributed by atoms with Gasteiger partial charge in [0.1, 0.15) is 34.9 Å². The number of aromatic hydroxyl groups is 1. The van der Waals surface area contributed by atoms with Gasteiger partial charge in [0.05, 0.1) is 23.8 Å². The van der Waals surface area contributed by atoms with Crippen LogP contribution in [0.25, 0.3) is 27.8 Å². The highest BCUT2D eigenvalue weighted by molar-refractivity contribution is 6.00. The van der Waals surface area contributed by atoms with Gasteiger partial charge in [-0.25, -0.2) is 27.9 Å². The van der Waals surface area contributed by atoms with Crippen molar-refractivity contribution < 1.29 is 28.2 Å². The Morgan fingerprint density at radius 2 is 1.73 bits per heavy atom. The van der Waals surface area contributed by atoms with Crippen molar-refractivity contribution in [3.63, 3.8) is 0 Å². The summed E-state index contributed by atoms with van der Waals surface area (Å²) in [4.78, 5) is 68.1. The Kier molecular flexibility index (Phi) is 10.7. The zero-order chi connectivity index (χ0) is 41.6. The number of phenolic OH excluding ortho intramolecular Hbond substituents is 1. The lowest BCUT2D eigenvalue weighted by molar-refractivity contribution is -0.123. The van der Waals surface area contributed by atoms with E-state index in [1.165, 1.54) is 27.5 Å². The molecule has 14 nitrogen and oxygen atoms in total. The largest absolute Gasteiger partial charge is 0.507 e. The summed E-state index contributed by atoms with van der Waals surface area (Å²) in [6, 6.07) is 12.0. The number of aromatic nitrogens is 3. The van der Waals surface area contributed by atoms with E-state index in [-0.39, 0.29) is 41.4 Å². The smallest absolute Gasteiger partial charge is 0.410 e. The Morgan fingerprint density at radius 3 is 2.46 bits per heavy atom. The number of carbonyl (C=O) groups is 2. The number of piperazine rings is 1. The summed E-state index contributed by atoms with van der Waals surface area (Å²) in [5.74, 6) is -0.851. The number of allylic oxidation sites excluding steroid dienone is 2. The number of halogens is 2. The average Bonchev–Trinajstić information content (AvgIpc) is 3.62. The second-order valence-electron chi connectivity index (χ2n) is 16.5. The van der Waals surface area contributed by atoms with Crippen molar-refractivity contribution in [3.05, 3.63) is 111 Å². The molecule has 4 aromatic rings. The zero-order valence-electron chi connectivity index (χ0n) is 33.1. The number of rotatable bonds is 7. The molecule has 59 heavy (non-hydrogen) atoms. The molecule has 2 N–H and O–H groups in total. The Labute approximate surface area is 338 Å². The third kappa shape index (κ3) is 8.40. The highest BCUT2D eigenvalue weighted by Gasteiger charge is 2.33. The summed E-state index contributed by atoms with van der Waals surface area (Å²) in [5, 5.41) is 14.2. The van der Waals surface area contributed by atoms with E-state index in [2.05, 4.69) is 20.2 Å². The van der Waals surface area contributed by atoms with Gasteiger partial charge in [-0.15, -0.1) is 0 Å². The monoisotopic (exact) mass is 808 g/mol. The van der Waals surface area contributed by atoms with Crippen molar-refractivity contribution in [1.29, 1.82) is 0 Å². The Morgan fingerprint density at radius 1 is 0.966 bits per heavy atom. The molecule has 5 heterocycles. The van der Waals surface area contributed by atoms with Crippen LogP contribution in [0.5, 0.6) is 5.75 Å². The number of benzene rings is 2. The van der Waals surface area contributed by atoms with Gasteiger partial charge in [0.25, 0.3) is 5.56 Å². The normalized spacial score (nSPS) is 20.9. The average molecular weight is 809 g/mol. The molecule has 16 heteroatoms. The fourth-order valence-electron chi connectivity index (χ4n) is 8.22. The van der Waals surface area contributed by atoms with Crippen LogP contribution in [0.1, 0.15) is 58.1 Å². The molecule has 1 saturated carbocycles. The second kappa shape index (κ2) is 15.9. The van der Waals surface area contributed by atoms with E-state index >= 15 is 0 Å². The zero-order valence-corrected chi connectivity index (χ0v) is 33.1. The first-order chi connectivity index (χ1) is 28.2. The van der Waals surface area contributed by atoms with Gasteiger partial charge in [-0.1, -0.05) is 24.3 Å². The molecule has 0 radical (unpaired) electrons. The summed E-state index contributed by atoms with van der Waals surface area (Å²) >= 11 is 0. The molecule has 3 aliphatic heterocycles. The molecular formula is C43H46F2N8O6. The minimum atomic E-state index is -0.721. The van der Waals surface area contributed by atoms with Crippen molar-refractivity contribution in [2.24, 2.45) is 4.99 Å². The van der Waals surface area contributed by atoms with E-state index in [1.54, 1.807) is 40.1 Å². The minimum absolute atomic E-state index is 0.00106. The van der Waals surface area contributed by atoms with E-state index in [0.29, 0.717) is 81.1 Å². The van der Waals surface area contributed by atoms with Gasteiger partial charge in [-0.2, -0.15) is 0 Å². The van der Waals surface area contributed by atoms with Gasteiger partial charge in [-0.3, -0.25) is 24.0 Å². The molecule has 8 rings (SSSR count). The molecule has 2 aromatic carbocycles. The molecule has 2 amide bonds. The van der Waals surface area contributed by atoms with Crippen molar-refractivity contribution in [1.82, 2.24) is 34.1 Å². The number of nitrogens with zero attached hydrogens (tertiary/aromatic N) is 7. The number of hydrogen-bond donors (Lipinski definition) is 2. The van der Waals surface area contributed by atoms with Crippen LogP contribution in [0, 0.1) is 5.82 Å². The molecule has 308 valence electrons. The molecule has 1 aliphatic carbocycles. The predicted molar refractivity (Wildman–Crippen MR) is 217 cm³/mol. The Hall–Kier alpha value is -6.16. The van der Waals surface area contributed by atoms with Crippen molar-refractivity contribution in [2.45, 2.75) is 76.7 Å².